The van der Waals surface area contributed by atoms with Gasteiger partial charge in [0.2, 0.25) is 0 Å². The molecular weight excluding hydrogens is 220 g/mol. The molecule has 17 heavy (non-hydrogen) atoms. The molecule has 5 nitrogen and oxygen atoms in total. The van der Waals surface area contributed by atoms with Gasteiger partial charge in [-0.25, -0.2) is 4.79 Å². The van der Waals surface area contributed by atoms with Gasteiger partial charge in [0.05, 0.1) is 0 Å². The van der Waals surface area contributed by atoms with E-state index in [1.54, 1.807) is 19.1 Å². The van der Waals surface area contributed by atoms with Crippen molar-refractivity contribution in [1.29, 1.82) is 0 Å². The van der Waals surface area contributed by atoms with Crippen LogP contribution < -0.4 is 0 Å². The predicted octanol–water partition coefficient (Wildman–Crippen LogP) is 1.16. The normalized spacial score (nSPS) is 23.7. The lowest BCUT2D eigenvalue weighted by atomic mass is 9.98. The van der Waals surface area contributed by atoms with E-state index < -0.39 is 11.5 Å². The molecule has 0 radical (unpaired) electrons. The first-order valence-corrected chi connectivity index (χ1v) is 5.51. The molecule has 1 aromatic rings. The third-order valence-electron chi connectivity index (χ3n) is 3.27. The number of carboxylic acid groups (broad SMARTS) is 1. The fourth-order valence-corrected chi connectivity index (χ4v) is 2.16. The number of carboxylic acids is 1. The average molecular weight is 234 g/mol. The maximum Gasteiger partial charge on any atom is 0.329 e. The lowest BCUT2D eigenvalue weighted by Gasteiger charge is -2.31. The number of hydrogen-bond donors (Lipinski definition) is 1. The number of amides is 1. The van der Waals surface area contributed by atoms with Gasteiger partial charge in [-0.05, 0) is 31.9 Å². The van der Waals surface area contributed by atoms with Crippen molar-refractivity contribution >= 4 is 11.9 Å². The van der Waals surface area contributed by atoms with Crippen LogP contribution in [-0.4, -0.2) is 39.0 Å². The molecule has 1 aliphatic heterocycles. The third-order valence-corrected chi connectivity index (χ3v) is 3.27. The Hall–Kier alpha value is -1.91. The van der Waals surface area contributed by atoms with E-state index >= 15 is 0 Å². The standard InChI is InChI=1S/C12H14N2O3/c1-12(11(16)17)5-2-8-14(12)10(15)9-3-6-13-7-4-9/h3-4,6-7H,2,5,8H2,1H3,(H,16,17). The van der Waals surface area contributed by atoms with Crippen LogP contribution >= 0.6 is 0 Å². The first kappa shape index (κ1) is 11.6. The van der Waals surface area contributed by atoms with Crippen molar-refractivity contribution in [3.05, 3.63) is 30.1 Å². The van der Waals surface area contributed by atoms with Crippen LogP contribution in [-0.2, 0) is 4.79 Å². The molecule has 1 aromatic heterocycles. The summed E-state index contributed by atoms with van der Waals surface area (Å²) in [5, 5.41) is 9.23. The molecule has 2 rings (SSSR count). The summed E-state index contributed by atoms with van der Waals surface area (Å²) >= 11 is 0. The zero-order valence-electron chi connectivity index (χ0n) is 9.59. The van der Waals surface area contributed by atoms with Crippen molar-refractivity contribution < 1.29 is 14.7 Å². The first-order chi connectivity index (χ1) is 8.05. The van der Waals surface area contributed by atoms with Crippen LogP contribution in [0.4, 0.5) is 0 Å². The Balaban J connectivity index is 2.29. The van der Waals surface area contributed by atoms with Crippen molar-refractivity contribution in [1.82, 2.24) is 9.88 Å². The molecule has 1 fully saturated rings. The van der Waals surface area contributed by atoms with Gasteiger partial charge in [-0.3, -0.25) is 9.78 Å². The molecule has 1 amide bonds. The summed E-state index contributed by atoms with van der Waals surface area (Å²) in [7, 11) is 0. The molecular formula is C12H14N2O3. The van der Waals surface area contributed by atoms with Crippen molar-refractivity contribution in [2.24, 2.45) is 0 Å². The fourth-order valence-electron chi connectivity index (χ4n) is 2.16. The highest BCUT2D eigenvalue weighted by Crippen LogP contribution is 2.30. The zero-order valence-corrected chi connectivity index (χ0v) is 9.59. The van der Waals surface area contributed by atoms with Gasteiger partial charge >= 0.3 is 5.97 Å². The summed E-state index contributed by atoms with van der Waals surface area (Å²) < 4.78 is 0. The number of carbonyl (C=O) groups is 2. The topological polar surface area (TPSA) is 70.5 Å². The molecule has 5 heteroatoms. The summed E-state index contributed by atoms with van der Waals surface area (Å²) in [5.41, 5.74) is -0.602. The Morgan fingerprint density at radius 3 is 2.65 bits per heavy atom. The van der Waals surface area contributed by atoms with E-state index in [0.717, 1.165) is 6.42 Å². The van der Waals surface area contributed by atoms with E-state index in [-0.39, 0.29) is 5.91 Å². The van der Waals surface area contributed by atoms with Gasteiger partial charge < -0.3 is 10.0 Å². The van der Waals surface area contributed by atoms with E-state index in [4.69, 9.17) is 0 Å². The van der Waals surface area contributed by atoms with Crippen LogP contribution in [0, 0.1) is 0 Å². The number of rotatable bonds is 2. The zero-order chi connectivity index (χ0) is 12.5. The summed E-state index contributed by atoms with van der Waals surface area (Å²) in [4.78, 5) is 28.7. The predicted molar refractivity (Wildman–Crippen MR) is 60.5 cm³/mol. The van der Waals surface area contributed by atoms with E-state index in [0.29, 0.717) is 18.5 Å². The molecule has 1 atom stereocenters. The van der Waals surface area contributed by atoms with Gasteiger partial charge in [0, 0.05) is 24.5 Å². The molecule has 1 unspecified atom stereocenters. The number of nitrogens with zero attached hydrogens (tertiary/aromatic N) is 2. The van der Waals surface area contributed by atoms with Crippen LogP contribution in [0.15, 0.2) is 24.5 Å². The van der Waals surface area contributed by atoms with Gasteiger partial charge in [0.1, 0.15) is 5.54 Å². The molecule has 0 aromatic carbocycles. The number of hydrogen-bond acceptors (Lipinski definition) is 3. The van der Waals surface area contributed by atoms with E-state index in [9.17, 15) is 14.7 Å². The molecule has 1 aliphatic rings. The molecule has 2 heterocycles. The summed E-state index contributed by atoms with van der Waals surface area (Å²) in [6.07, 6.45) is 4.28. The van der Waals surface area contributed by atoms with E-state index in [1.165, 1.54) is 17.3 Å². The molecule has 0 spiro atoms. The minimum atomic E-state index is -1.08. The van der Waals surface area contributed by atoms with Gasteiger partial charge in [-0.1, -0.05) is 0 Å². The quantitative estimate of drug-likeness (QED) is 0.833. The minimum Gasteiger partial charge on any atom is -0.480 e. The number of aromatic nitrogens is 1. The molecule has 90 valence electrons. The maximum absolute atomic E-state index is 12.2. The molecule has 0 saturated carbocycles. The van der Waals surface area contributed by atoms with Crippen LogP contribution in [0.5, 0.6) is 0 Å². The van der Waals surface area contributed by atoms with E-state index in [2.05, 4.69) is 4.98 Å². The number of aliphatic carboxylic acids is 1. The SMILES string of the molecule is CC1(C(=O)O)CCCN1C(=O)c1ccncc1. The third kappa shape index (κ3) is 1.88. The highest BCUT2D eigenvalue weighted by atomic mass is 16.4. The largest absolute Gasteiger partial charge is 0.480 e. The van der Waals surface area contributed by atoms with Crippen LogP contribution in [0.2, 0.25) is 0 Å². The number of likely N-dealkylation sites (tertiary alicyclic amines) is 1. The van der Waals surface area contributed by atoms with Crippen LogP contribution in [0.1, 0.15) is 30.1 Å². The van der Waals surface area contributed by atoms with Gasteiger partial charge in [-0.2, -0.15) is 0 Å². The summed E-state index contributed by atoms with van der Waals surface area (Å²) in [5.74, 6) is -1.19. The van der Waals surface area contributed by atoms with Gasteiger partial charge in [0.25, 0.3) is 5.91 Å². The van der Waals surface area contributed by atoms with E-state index in [1.807, 2.05) is 0 Å². The second-order valence-electron chi connectivity index (χ2n) is 4.38. The van der Waals surface area contributed by atoms with Crippen molar-refractivity contribution in [3.8, 4) is 0 Å². The van der Waals surface area contributed by atoms with Crippen molar-refractivity contribution in [2.45, 2.75) is 25.3 Å². The Bertz CT molecular complexity index is 446. The minimum absolute atomic E-state index is 0.241. The lowest BCUT2D eigenvalue weighted by molar-refractivity contribution is -0.147. The molecule has 1 N–H and O–H groups in total. The highest BCUT2D eigenvalue weighted by Gasteiger charge is 2.45. The first-order valence-electron chi connectivity index (χ1n) is 5.51. The average Bonchev–Trinajstić information content (AvgIpc) is 2.73. The molecule has 0 bridgehead atoms. The van der Waals surface area contributed by atoms with Crippen LogP contribution in [0.3, 0.4) is 0 Å². The Morgan fingerprint density at radius 2 is 2.06 bits per heavy atom. The monoisotopic (exact) mass is 234 g/mol. The van der Waals surface area contributed by atoms with Crippen LogP contribution in [0.25, 0.3) is 0 Å². The second kappa shape index (κ2) is 4.16. The Morgan fingerprint density at radius 1 is 1.41 bits per heavy atom. The Labute approximate surface area is 99.1 Å². The molecule has 1 saturated heterocycles. The second-order valence-corrected chi connectivity index (χ2v) is 4.38. The number of carbonyl (C=O) groups excluding carboxylic acids is 1. The maximum atomic E-state index is 12.2. The fraction of sp³-hybridized carbons (Fsp3) is 0.417. The number of pyridine rings is 1. The van der Waals surface area contributed by atoms with Gasteiger partial charge in [0.15, 0.2) is 0 Å². The summed E-state index contributed by atoms with van der Waals surface area (Å²) in [6, 6.07) is 3.20. The van der Waals surface area contributed by atoms with Crippen molar-refractivity contribution in [2.75, 3.05) is 6.54 Å². The molecule has 0 aliphatic carbocycles. The smallest absolute Gasteiger partial charge is 0.329 e. The van der Waals surface area contributed by atoms with Gasteiger partial charge in [-0.15, -0.1) is 0 Å². The highest BCUT2D eigenvalue weighted by molar-refractivity contribution is 5.98. The Kier molecular flexibility index (Phi) is 2.83. The summed E-state index contributed by atoms with van der Waals surface area (Å²) in [6.45, 7) is 2.09. The van der Waals surface area contributed by atoms with Crippen molar-refractivity contribution in [3.63, 3.8) is 0 Å². The lowest BCUT2D eigenvalue weighted by Crippen LogP contribution is -2.50.